The summed E-state index contributed by atoms with van der Waals surface area (Å²) in [4.78, 5) is 30.6. The van der Waals surface area contributed by atoms with Gasteiger partial charge < -0.3 is 15.4 Å². The summed E-state index contributed by atoms with van der Waals surface area (Å²) in [5.74, 6) is -2.11. The number of morpholine rings is 1. The zero-order valence-electron chi connectivity index (χ0n) is 14.7. The summed E-state index contributed by atoms with van der Waals surface area (Å²) in [6.45, 7) is 2.94. The van der Waals surface area contributed by atoms with Gasteiger partial charge in [0.2, 0.25) is 0 Å². The SMILES string of the molecule is O=C(NC[C@@H](c1cccnc1)N1CCOCC1)C(=O)Nc1cccc(F)c1. The van der Waals surface area contributed by atoms with Crippen LogP contribution in [0.15, 0.2) is 48.8 Å². The van der Waals surface area contributed by atoms with Crippen molar-refractivity contribution >= 4 is 17.5 Å². The number of amides is 2. The van der Waals surface area contributed by atoms with Gasteiger partial charge in [-0.1, -0.05) is 12.1 Å². The van der Waals surface area contributed by atoms with E-state index in [0.29, 0.717) is 13.2 Å². The van der Waals surface area contributed by atoms with Crippen LogP contribution in [0, 0.1) is 5.82 Å². The van der Waals surface area contributed by atoms with Crippen molar-refractivity contribution in [3.05, 3.63) is 60.2 Å². The molecule has 0 spiro atoms. The van der Waals surface area contributed by atoms with E-state index in [1.54, 1.807) is 12.4 Å². The molecule has 0 unspecified atom stereocenters. The molecule has 7 nitrogen and oxygen atoms in total. The predicted octanol–water partition coefficient (Wildman–Crippen LogP) is 1.35. The minimum atomic E-state index is -0.840. The van der Waals surface area contributed by atoms with Gasteiger partial charge in [0.05, 0.1) is 19.3 Å². The molecule has 8 heteroatoms. The minimum Gasteiger partial charge on any atom is -0.379 e. The zero-order chi connectivity index (χ0) is 19.1. The highest BCUT2D eigenvalue weighted by Gasteiger charge is 2.24. The fourth-order valence-corrected chi connectivity index (χ4v) is 2.94. The van der Waals surface area contributed by atoms with Gasteiger partial charge in [0, 0.05) is 37.7 Å². The molecule has 1 aromatic carbocycles. The second-order valence-electron chi connectivity index (χ2n) is 6.12. The Morgan fingerprint density at radius 3 is 2.70 bits per heavy atom. The molecule has 1 atom stereocenters. The summed E-state index contributed by atoms with van der Waals surface area (Å²) >= 11 is 0. The van der Waals surface area contributed by atoms with Crippen molar-refractivity contribution in [1.82, 2.24) is 15.2 Å². The van der Waals surface area contributed by atoms with E-state index >= 15 is 0 Å². The summed E-state index contributed by atoms with van der Waals surface area (Å²) in [6.07, 6.45) is 3.43. The molecule has 1 aromatic heterocycles. The lowest BCUT2D eigenvalue weighted by Gasteiger charge is -2.34. The number of benzene rings is 1. The van der Waals surface area contributed by atoms with Crippen LogP contribution in [0.3, 0.4) is 0 Å². The first-order valence-corrected chi connectivity index (χ1v) is 8.70. The summed E-state index contributed by atoms with van der Waals surface area (Å²) < 4.78 is 18.6. The van der Waals surface area contributed by atoms with Crippen LogP contribution in [0.25, 0.3) is 0 Å². The van der Waals surface area contributed by atoms with Gasteiger partial charge in [-0.25, -0.2) is 4.39 Å². The molecule has 0 aliphatic carbocycles. The molecule has 27 heavy (non-hydrogen) atoms. The third-order valence-corrected chi connectivity index (χ3v) is 4.30. The van der Waals surface area contributed by atoms with Crippen LogP contribution in [-0.4, -0.2) is 54.5 Å². The van der Waals surface area contributed by atoms with Crippen molar-refractivity contribution < 1.29 is 18.7 Å². The number of carbonyl (C=O) groups is 2. The van der Waals surface area contributed by atoms with Gasteiger partial charge in [-0.2, -0.15) is 0 Å². The molecule has 2 N–H and O–H groups in total. The average Bonchev–Trinajstić information content (AvgIpc) is 2.69. The Balaban J connectivity index is 1.62. The Kier molecular flexibility index (Phi) is 6.45. The molecule has 1 aliphatic heterocycles. The highest BCUT2D eigenvalue weighted by Crippen LogP contribution is 2.20. The lowest BCUT2D eigenvalue weighted by Crippen LogP contribution is -2.45. The van der Waals surface area contributed by atoms with Crippen LogP contribution in [0.2, 0.25) is 0 Å². The topological polar surface area (TPSA) is 83.6 Å². The molecular weight excluding hydrogens is 351 g/mol. The van der Waals surface area contributed by atoms with Gasteiger partial charge in [-0.05, 0) is 29.8 Å². The molecule has 1 aliphatic rings. The third kappa shape index (κ3) is 5.32. The monoisotopic (exact) mass is 372 g/mol. The summed E-state index contributed by atoms with van der Waals surface area (Å²) in [5, 5.41) is 5.05. The molecule has 3 rings (SSSR count). The highest BCUT2D eigenvalue weighted by molar-refractivity contribution is 6.39. The molecule has 2 aromatic rings. The van der Waals surface area contributed by atoms with E-state index in [4.69, 9.17) is 4.74 Å². The maximum atomic E-state index is 13.2. The largest absolute Gasteiger partial charge is 0.379 e. The van der Waals surface area contributed by atoms with Crippen LogP contribution in [0.4, 0.5) is 10.1 Å². The lowest BCUT2D eigenvalue weighted by atomic mass is 10.1. The quantitative estimate of drug-likeness (QED) is 0.774. The van der Waals surface area contributed by atoms with Crippen molar-refractivity contribution in [1.29, 1.82) is 0 Å². The van der Waals surface area contributed by atoms with E-state index in [0.717, 1.165) is 24.7 Å². The Morgan fingerprint density at radius 2 is 2.00 bits per heavy atom. The number of nitrogens with one attached hydrogen (secondary N) is 2. The Morgan fingerprint density at radius 1 is 1.19 bits per heavy atom. The smallest absolute Gasteiger partial charge is 0.313 e. The predicted molar refractivity (Wildman–Crippen MR) is 97.4 cm³/mol. The number of hydrogen-bond donors (Lipinski definition) is 2. The first kappa shape index (κ1) is 18.9. The van der Waals surface area contributed by atoms with Crippen molar-refractivity contribution in [2.45, 2.75) is 6.04 Å². The number of pyridine rings is 1. The Labute approximate surface area is 156 Å². The van der Waals surface area contributed by atoms with Crippen molar-refractivity contribution in [3.63, 3.8) is 0 Å². The number of hydrogen-bond acceptors (Lipinski definition) is 5. The number of nitrogens with zero attached hydrogens (tertiary/aromatic N) is 2. The van der Waals surface area contributed by atoms with Crippen molar-refractivity contribution in [2.24, 2.45) is 0 Å². The maximum absolute atomic E-state index is 13.2. The molecule has 2 heterocycles. The van der Waals surface area contributed by atoms with E-state index in [1.165, 1.54) is 18.2 Å². The summed E-state index contributed by atoms with van der Waals surface area (Å²) in [7, 11) is 0. The average molecular weight is 372 g/mol. The number of carbonyl (C=O) groups excluding carboxylic acids is 2. The van der Waals surface area contributed by atoms with Gasteiger partial charge in [0.1, 0.15) is 5.82 Å². The van der Waals surface area contributed by atoms with Gasteiger partial charge in [-0.15, -0.1) is 0 Å². The molecule has 0 saturated carbocycles. The number of anilines is 1. The second kappa shape index (κ2) is 9.20. The van der Waals surface area contributed by atoms with E-state index in [1.807, 2.05) is 12.1 Å². The second-order valence-corrected chi connectivity index (χ2v) is 6.12. The first-order chi connectivity index (χ1) is 13.1. The molecule has 0 radical (unpaired) electrons. The summed E-state index contributed by atoms with van der Waals surface area (Å²) in [5.41, 5.74) is 1.18. The van der Waals surface area contributed by atoms with Crippen LogP contribution in [0.1, 0.15) is 11.6 Å². The number of aromatic nitrogens is 1. The number of halogens is 1. The Bertz CT molecular complexity index is 782. The normalized spacial score (nSPS) is 15.7. The van der Waals surface area contributed by atoms with Gasteiger partial charge in [-0.3, -0.25) is 19.5 Å². The summed E-state index contributed by atoms with van der Waals surface area (Å²) in [6, 6.07) is 9.04. The third-order valence-electron chi connectivity index (χ3n) is 4.30. The number of rotatable bonds is 5. The molecule has 1 fully saturated rings. The van der Waals surface area contributed by atoms with Crippen LogP contribution in [-0.2, 0) is 14.3 Å². The van der Waals surface area contributed by atoms with Crippen molar-refractivity contribution in [2.75, 3.05) is 38.2 Å². The molecule has 1 saturated heterocycles. The number of ether oxygens (including phenoxy) is 1. The maximum Gasteiger partial charge on any atom is 0.313 e. The van der Waals surface area contributed by atoms with Gasteiger partial charge >= 0.3 is 11.8 Å². The highest BCUT2D eigenvalue weighted by atomic mass is 19.1. The van der Waals surface area contributed by atoms with E-state index in [-0.39, 0.29) is 18.3 Å². The van der Waals surface area contributed by atoms with E-state index in [9.17, 15) is 14.0 Å². The standard InChI is InChI=1S/C19H21FN4O3/c20-15-4-1-5-16(11-15)23-19(26)18(25)22-13-17(14-3-2-6-21-12-14)24-7-9-27-10-8-24/h1-6,11-12,17H,7-10,13H2,(H,22,25)(H,23,26)/t17-/m0/s1. The first-order valence-electron chi connectivity index (χ1n) is 8.70. The molecule has 142 valence electrons. The lowest BCUT2D eigenvalue weighted by molar-refractivity contribution is -0.136. The fraction of sp³-hybridized carbons (Fsp3) is 0.316. The van der Waals surface area contributed by atoms with E-state index < -0.39 is 17.6 Å². The molecular formula is C19H21FN4O3. The fourth-order valence-electron chi connectivity index (χ4n) is 2.94. The van der Waals surface area contributed by atoms with Gasteiger partial charge in [0.25, 0.3) is 0 Å². The van der Waals surface area contributed by atoms with Crippen LogP contribution >= 0.6 is 0 Å². The van der Waals surface area contributed by atoms with Crippen molar-refractivity contribution in [3.8, 4) is 0 Å². The zero-order valence-corrected chi connectivity index (χ0v) is 14.7. The van der Waals surface area contributed by atoms with E-state index in [2.05, 4.69) is 20.5 Å². The molecule has 0 bridgehead atoms. The minimum absolute atomic E-state index is 0.117. The Hall–Kier alpha value is -2.84. The van der Waals surface area contributed by atoms with Gasteiger partial charge in [0.15, 0.2) is 0 Å². The molecule has 2 amide bonds. The van der Waals surface area contributed by atoms with Crippen LogP contribution < -0.4 is 10.6 Å². The van der Waals surface area contributed by atoms with Crippen LogP contribution in [0.5, 0.6) is 0 Å².